The Kier molecular flexibility index (Phi) is 3.97. The van der Waals surface area contributed by atoms with Crippen LogP contribution in [-0.4, -0.2) is 36.4 Å². The van der Waals surface area contributed by atoms with Gasteiger partial charge in [0.1, 0.15) is 0 Å². The highest BCUT2D eigenvalue weighted by atomic mass is 16.2. The second-order valence-electron chi connectivity index (χ2n) is 5.18. The molecule has 2 rings (SSSR count). The number of nitrogens with zero attached hydrogens (tertiary/aromatic N) is 2. The van der Waals surface area contributed by atoms with Crippen LogP contribution in [0, 0.1) is 5.41 Å². The Labute approximate surface area is 108 Å². The molecule has 0 aliphatic heterocycles. The monoisotopic (exact) mass is 247 g/mol. The molecule has 1 heterocycles. The number of pyridine rings is 1. The van der Waals surface area contributed by atoms with Gasteiger partial charge in [-0.15, -0.1) is 0 Å². The van der Waals surface area contributed by atoms with Gasteiger partial charge in [-0.25, -0.2) is 0 Å². The lowest BCUT2D eigenvalue weighted by atomic mass is 9.67. The molecule has 4 heteroatoms. The summed E-state index contributed by atoms with van der Waals surface area (Å²) in [7, 11) is 3.80. The molecule has 0 spiro atoms. The maximum absolute atomic E-state index is 12.5. The van der Waals surface area contributed by atoms with Crippen LogP contribution >= 0.6 is 0 Å². The third kappa shape index (κ3) is 2.53. The lowest BCUT2D eigenvalue weighted by molar-refractivity contribution is -0.146. The standard InChI is InChI=1S/C14H21N3O/c1-15-11-14(6-3-7-14)13(18)17(2)10-12-4-8-16-9-5-12/h4-5,8-9,15H,3,6-7,10-11H2,1-2H3. The van der Waals surface area contributed by atoms with Gasteiger partial charge in [0, 0.05) is 32.5 Å². The Balaban J connectivity index is 2.00. The average molecular weight is 247 g/mol. The molecule has 4 nitrogen and oxygen atoms in total. The Bertz CT molecular complexity index is 401. The zero-order valence-corrected chi connectivity index (χ0v) is 11.1. The van der Waals surface area contributed by atoms with Gasteiger partial charge in [0.05, 0.1) is 5.41 Å². The summed E-state index contributed by atoms with van der Waals surface area (Å²) >= 11 is 0. The molecule has 0 unspecified atom stereocenters. The summed E-state index contributed by atoms with van der Waals surface area (Å²) in [5.41, 5.74) is 0.969. The molecule has 0 aromatic carbocycles. The Morgan fingerprint density at radius 3 is 2.61 bits per heavy atom. The summed E-state index contributed by atoms with van der Waals surface area (Å²) in [5, 5.41) is 3.15. The van der Waals surface area contributed by atoms with E-state index in [4.69, 9.17) is 0 Å². The van der Waals surface area contributed by atoms with Crippen molar-refractivity contribution in [3.8, 4) is 0 Å². The van der Waals surface area contributed by atoms with Gasteiger partial charge < -0.3 is 10.2 Å². The summed E-state index contributed by atoms with van der Waals surface area (Å²) in [6.07, 6.45) is 6.71. The van der Waals surface area contributed by atoms with Crippen molar-refractivity contribution in [3.05, 3.63) is 30.1 Å². The second kappa shape index (κ2) is 5.48. The quantitative estimate of drug-likeness (QED) is 0.856. The summed E-state index contributed by atoms with van der Waals surface area (Å²) in [6.45, 7) is 1.44. The molecule has 1 saturated carbocycles. The third-order valence-electron chi connectivity index (χ3n) is 3.80. The number of carbonyl (C=O) groups excluding carboxylic acids is 1. The fourth-order valence-electron chi connectivity index (χ4n) is 2.65. The number of amides is 1. The molecule has 1 aromatic heterocycles. The van der Waals surface area contributed by atoms with E-state index in [1.165, 1.54) is 0 Å². The Morgan fingerprint density at radius 2 is 2.11 bits per heavy atom. The Morgan fingerprint density at radius 1 is 1.44 bits per heavy atom. The van der Waals surface area contributed by atoms with Crippen LogP contribution in [0.4, 0.5) is 0 Å². The highest BCUT2D eigenvalue weighted by Gasteiger charge is 2.44. The molecule has 0 atom stereocenters. The zero-order valence-electron chi connectivity index (χ0n) is 11.1. The maximum Gasteiger partial charge on any atom is 0.230 e. The van der Waals surface area contributed by atoms with Crippen LogP contribution in [0.2, 0.25) is 0 Å². The van der Waals surface area contributed by atoms with Crippen molar-refractivity contribution >= 4 is 5.91 Å². The van der Waals surface area contributed by atoms with Crippen molar-refractivity contribution in [1.82, 2.24) is 15.2 Å². The van der Waals surface area contributed by atoms with Crippen molar-refractivity contribution in [2.45, 2.75) is 25.8 Å². The molecule has 0 bridgehead atoms. The zero-order chi connectivity index (χ0) is 13.0. The van der Waals surface area contributed by atoms with Gasteiger partial charge in [0.25, 0.3) is 0 Å². The van der Waals surface area contributed by atoms with Crippen molar-refractivity contribution < 1.29 is 4.79 Å². The lowest BCUT2D eigenvalue weighted by Gasteiger charge is -2.42. The van der Waals surface area contributed by atoms with Crippen LogP contribution in [0.5, 0.6) is 0 Å². The third-order valence-corrected chi connectivity index (χ3v) is 3.80. The van der Waals surface area contributed by atoms with E-state index in [0.717, 1.165) is 31.4 Å². The highest BCUT2D eigenvalue weighted by Crippen LogP contribution is 2.41. The van der Waals surface area contributed by atoms with Crippen LogP contribution < -0.4 is 5.32 Å². The van der Waals surface area contributed by atoms with Crippen LogP contribution in [0.15, 0.2) is 24.5 Å². The smallest absolute Gasteiger partial charge is 0.230 e. The Hall–Kier alpha value is -1.42. The summed E-state index contributed by atoms with van der Waals surface area (Å²) < 4.78 is 0. The van der Waals surface area contributed by atoms with Crippen molar-refractivity contribution in [2.24, 2.45) is 5.41 Å². The van der Waals surface area contributed by atoms with Crippen molar-refractivity contribution in [1.29, 1.82) is 0 Å². The molecular formula is C14H21N3O. The van der Waals surface area contributed by atoms with Crippen LogP contribution in [-0.2, 0) is 11.3 Å². The number of hydrogen-bond donors (Lipinski definition) is 1. The molecule has 1 aliphatic carbocycles. The fraction of sp³-hybridized carbons (Fsp3) is 0.571. The van der Waals surface area contributed by atoms with Gasteiger partial charge in [-0.05, 0) is 37.6 Å². The maximum atomic E-state index is 12.5. The minimum atomic E-state index is -0.156. The molecule has 1 aromatic rings. The molecule has 1 N–H and O–H groups in total. The van der Waals surface area contributed by atoms with Gasteiger partial charge in [0.15, 0.2) is 0 Å². The van der Waals surface area contributed by atoms with E-state index in [1.807, 2.05) is 31.1 Å². The number of nitrogens with one attached hydrogen (secondary N) is 1. The van der Waals surface area contributed by atoms with E-state index >= 15 is 0 Å². The molecule has 0 saturated heterocycles. The van der Waals surface area contributed by atoms with Gasteiger partial charge in [-0.2, -0.15) is 0 Å². The number of rotatable bonds is 5. The van der Waals surface area contributed by atoms with E-state index in [9.17, 15) is 4.79 Å². The van der Waals surface area contributed by atoms with Gasteiger partial charge in [-0.1, -0.05) is 6.42 Å². The van der Waals surface area contributed by atoms with Gasteiger partial charge in [-0.3, -0.25) is 9.78 Å². The van der Waals surface area contributed by atoms with Gasteiger partial charge >= 0.3 is 0 Å². The number of hydrogen-bond acceptors (Lipinski definition) is 3. The first-order valence-corrected chi connectivity index (χ1v) is 6.47. The molecular weight excluding hydrogens is 226 g/mol. The molecule has 1 fully saturated rings. The van der Waals surface area contributed by atoms with Crippen LogP contribution in [0.1, 0.15) is 24.8 Å². The lowest BCUT2D eigenvalue weighted by Crippen LogP contribution is -2.51. The van der Waals surface area contributed by atoms with E-state index < -0.39 is 0 Å². The van der Waals surface area contributed by atoms with Gasteiger partial charge in [0.2, 0.25) is 5.91 Å². The summed E-state index contributed by atoms with van der Waals surface area (Å²) in [6, 6.07) is 3.91. The molecule has 1 amide bonds. The topological polar surface area (TPSA) is 45.2 Å². The number of carbonyl (C=O) groups is 1. The van der Waals surface area contributed by atoms with E-state index in [1.54, 1.807) is 12.4 Å². The van der Waals surface area contributed by atoms with Crippen LogP contribution in [0.25, 0.3) is 0 Å². The first-order valence-electron chi connectivity index (χ1n) is 6.47. The largest absolute Gasteiger partial charge is 0.341 e. The minimum absolute atomic E-state index is 0.156. The van der Waals surface area contributed by atoms with E-state index in [-0.39, 0.29) is 11.3 Å². The van der Waals surface area contributed by atoms with Crippen LogP contribution in [0.3, 0.4) is 0 Å². The molecule has 98 valence electrons. The van der Waals surface area contributed by atoms with E-state index in [2.05, 4.69) is 10.3 Å². The van der Waals surface area contributed by atoms with Crippen molar-refractivity contribution in [3.63, 3.8) is 0 Å². The molecule has 1 aliphatic rings. The molecule has 18 heavy (non-hydrogen) atoms. The average Bonchev–Trinajstić information content (AvgIpc) is 2.34. The minimum Gasteiger partial charge on any atom is -0.341 e. The highest BCUT2D eigenvalue weighted by molar-refractivity contribution is 5.83. The normalized spacial score (nSPS) is 17.0. The van der Waals surface area contributed by atoms with Crippen molar-refractivity contribution in [2.75, 3.05) is 20.6 Å². The fourth-order valence-corrected chi connectivity index (χ4v) is 2.65. The first kappa shape index (κ1) is 13.0. The summed E-state index contributed by atoms with van der Waals surface area (Å²) in [4.78, 5) is 18.3. The summed E-state index contributed by atoms with van der Waals surface area (Å²) in [5.74, 6) is 0.264. The second-order valence-corrected chi connectivity index (χ2v) is 5.18. The SMILES string of the molecule is CNCC1(C(=O)N(C)Cc2ccncc2)CCC1. The predicted molar refractivity (Wildman–Crippen MR) is 70.9 cm³/mol. The number of aromatic nitrogens is 1. The predicted octanol–water partition coefficient (Wildman–Crippen LogP) is 1.43. The van der Waals surface area contributed by atoms with E-state index in [0.29, 0.717) is 6.54 Å². The molecule has 0 radical (unpaired) electrons. The first-order chi connectivity index (χ1) is 8.68.